The Morgan fingerprint density at radius 1 is 0.952 bits per heavy atom. The molecule has 0 spiro atoms. The second kappa shape index (κ2) is 5.66. The molecular weight excluding hydrogens is 264 g/mol. The van der Waals surface area contributed by atoms with Gasteiger partial charge >= 0.3 is 0 Å². The van der Waals surface area contributed by atoms with Crippen molar-refractivity contribution in [1.29, 1.82) is 0 Å². The highest BCUT2D eigenvalue weighted by atomic mass is 16.6. The van der Waals surface area contributed by atoms with Crippen LogP contribution in [0.15, 0.2) is 42.5 Å². The second-order valence-corrected chi connectivity index (χ2v) is 5.37. The van der Waals surface area contributed by atoms with Gasteiger partial charge in [0, 0.05) is 19.8 Å². The van der Waals surface area contributed by atoms with E-state index in [0.29, 0.717) is 13.2 Å². The molecule has 1 atom stereocenters. The summed E-state index contributed by atoms with van der Waals surface area (Å²) in [5.41, 5.74) is 9.65. The first-order valence-corrected chi connectivity index (χ1v) is 7.07. The molecule has 4 heteroatoms. The van der Waals surface area contributed by atoms with Gasteiger partial charge in [-0.1, -0.05) is 18.2 Å². The van der Waals surface area contributed by atoms with Crippen LogP contribution in [0.3, 0.4) is 0 Å². The normalized spacial score (nSPS) is 14.6. The fourth-order valence-corrected chi connectivity index (χ4v) is 2.44. The number of fused-ring (bicyclic) bond motifs is 1. The molecule has 21 heavy (non-hydrogen) atoms. The molecule has 1 aliphatic heterocycles. The number of hydrogen-bond donors (Lipinski definition) is 1. The fraction of sp³-hybridized carbons (Fsp3) is 0.294. The van der Waals surface area contributed by atoms with E-state index in [-0.39, 0.29) is 6.04 Å². The standard InChI is InChI=1S/C17H20N2O2/c1-19(2)14-5-3-4-12(10-14)17(18)13-6-7-15-16(11-13)21-9-8-20-15/h3-7,10-11,17H,8-9,18H2,1-2H3. The topological polar surface area (TPSA) is 47.7 Å². The van der Waals surface area contributed by atoms with Gasteiger partial charge in [0.05, 0.1) is 6.04 Å². The average Bonchev–Trinajstić information content (AvgIpc) is 2.53. The molecule has 0 fully saturated rings. The molecule has 0 aromatic heterocycles. The third kappa shape index (κ3) is 2.81. The maximum absolute atomic E-state index is 6.40. The number of nitrogens with zero attached hydrogens (tertiary/aromatic N) is 1. The van der Waals surface area contributed by atoms with Crippen LogP contribution in [-0.4, -0.2) is 27.3 Å². The van der Waals surface area contributed by atoms with Crippen LogP contribution in [0, 0.1) is 0 Å². The monoisotopic (exact) mass is 284 g/mol. The lowest BCUT2D eigenvalue weighted by atomic mass is 9.98. The molecule has 0 amide bonds. The summed E-state index contributed by atoms with van der Waals surface area (Å²) in [5, 5.41) is 0. The molecule has 1 aliphatic rings. The summed E-state index contributed by atoms with van der Waals surface area (Å²) >= 11 is 0. The maximum Gasteiger partial charge on any atom is 0.161 e. The van der Waals surface area contributed by atoms with Crippen molar-refractivity contribution < 1.29 is 9.47 Å². The maximum atomic E-state index is 6.40. The van der Waals surface area contributed by atoms with Crippen LogP contribution in [-0.2, 0) is 0 Å². The number of anilines is 1. The molecule has 0 aliphatic carbocycles. The van der Waals surface area contributed by atoms with Crippen molar-refractivity contribution in [3.63, 3.8) is 0 Å². The summed E-state index contributed by atoms with van der Waals surface area (Å²) < 4.78 is 11.2. The van der Waals surface area contributed by atoms with E-state index in [4.69, 9.17) is 15.2 Å². The van der Waals surface area contributed by atoms with E-state index in [1.807, 2.05) is 38.4 Å². The van der Waals surface area contributed by atoms with Crippen LogP contribution in [0.25, 0.3) is 0 Å². The SMILES string of the molecule is CN(C)c1cccc(C(N)c2ccc3c(c2)OCCO3)c1. The molecule has 2 N–H and O–H groups in total. The van der Waals surface area contributed by atoms with Crippen molar-refractivity contribution in [2.24, 2.45) is 5.73 Å². The molecule has 0 saturated heterocycles. The Bertz CT molecular complexity index is 640. The molecule has 2 aromatic carbocycles. The minimum atomic E-state index is -0.180. The van der Waals surface area contributed by atoms with Crippen molar-refractivity contribution in [3.8, 4) is 11.5 Å². The van der Waals surface area contributed by atoms with Gasteiger partial charge in [0.25, 0.3) is 0 Å². The first kappa shape index (κ1) is 13.8. The Morgan fingerprint density at radius 2 is 1.67 bits per heavy atom. The summed E-state index contributed by atoms with van der Waals surface area (Å²) in [4.78, 5) is 2.07. The van der Waals surface area contributed by atoms with E-state index in [9.17, 15) is 0 Å². The van der Waals surface area contributed by atoms with E-state index < -0.39 is 0 Å². The minimum Gasteiger partial charge on any atom is -0.486 e. The highest BCUT2D eigenvalue weighted by Crippen LogP contribution is 2.34. The molecule has 0 saturated carbocycles. The quantitative estimate of drug-likeness (QED) is 0.941. The molecule has 1 heterocycles. The van der Waals surface area contributed by atoms with Gasteiger partial charge < -0.3 is 20.1 Å². The zero-order valence-corrected chi connectivity index (χ0v) is 12.4. The first-order valence-electron chi connectivity index (χ1n) is 7.07. The summed E-state index contributed by atoms with van der Waals surface area (Å²) in [6, 6.07) is 14.0. The van der Waals surface area contributed by atoms with E-state index in [1.54, 1.807) is 0 Å². The Balaban J connectivity index is 1.91. The molecule has 1 unspecified atom stereocenters. The number of benzene rings is 2. The number of hydrogen-bond acceptors (Lipinski definition) is 4. The molecule has 0 radical (unpaired) electrons. The van der Waals surface area contributed by atoms with Crippen LogP contribution >= 0.6 is 0 Å². The lowest BCUT2D eigenvalue weighted by Crippen LogP contribution is -2.17. The van der Waals surface area contributed by atoms with Gasteiger partial charge in [-0.25, -0.2) is 0 Å². The van der Waals surface area contributed by atoms with Crippen molar-refractivity contribution >= 4 is 5.69 Å². The predicted molar refractivity (Wildman–Crippen MR) is 84.2 cm³/mol. The van der Waals surface area contributed by atoms with Gasteiger partial charge in [0.15, 0.2) is 11.5 Å². The summed E-state index contributed by atoms with van der Waals surface area (Å²) in [6.07, 6.45) is 0. The molecule has 2 aromatic rings. The van der Waals surface area contributed by atoms with Gasteiger partial charge in [-0.15, -0.1) is 0 Å². The minimum absolute atomic E-state index is 0.180. The number of rotatable bonds is 3. The summed E-state index contributed by atoms with van der Waals surface area (Å²) in [7, 11) is 4.05. The van der Waals surface area contributed by atoms with Gasteiger partial charge in [-0.2, -0.15) is 0 Å². The van der Waals surface area contributed by atoms with Gasteiger partial charge in [0.1, 0.15) is 13.2 Å². The molecule has 3 rings (SSSR count). The number of nitrogens with two attached hydrogens (primary N) is 1. The van der Waals surface area contributed by atoms with Crippen molar-refractivity contribution in [1.82, 2.24) is 0 Å². The lowest BCUT2D eigenvalue weighted by molar-refractivity contribution is 0.171. The first-order chi connectivity index (χ1) is 10.1. The smallest absolute Gasteiger partial charge is 0.161 e. The highest BCUT2D eigenvalue weighted by Gasteiger charge is 2.16. The third-order valence-electron chi connectivity index (χ3n) is 3.67. The van der Waals surface area contributed by atoms with Crippen molar-refractivity contribution in [3.05, 3.63) is 53.6 Å². The molecule has 0 bridgehead atoms. The third-order valence-corrected chi connectivity index (χ3v) is 3.67. The van der Waals surface area contributed by atoms with Crippen molar-refractivity contribution in [2.75, 3.05) is 32.2 Å². The van der Waals surface area contributed by atoms with E-state index in [1.165, 1.54) is 0 Å². The zero-order valence-electron chi connectivity index (χ0n) is 12.4. The Kier molecular flexibility index (Phi) is 3.71. The van der Waals surface area contributed by atoms with Gasteiger partial charge in [0.2, 0.25) is 0 Å². The molecule has 110 valence electrons. The van der Waals surface area contributed by atoms with Crippen molar-refractivity contribution in [2.45, 2.75) is 6.04 Å². The van der Waals surface area contributed by atoms with E-state index in [0.717, 1.165) is 28.3 Å². The molecule has 4 nitrogen and oxygen atoms in total. The summed E-state index contributed by atoms with van der Waals surface area (Å²) in [6.45, 7) is 1.19. The Morgan fingerprint density at radius 3 is 2.43 bits per heavy atom. The predicted octanol–water partition coefficient (Wildman–Crippen LogP) is 2.57. The van der Waals surface area contributed by atoms with Crippen LogP contribution in [0.1, 0.15) is 17.2 Å². The highest BCUT2D eigenvalue weighted by molar-refractivity contribution is 5.51. The second-order valence-electron chi connectivity index (χ2n) is 5.37. The van der Waals surface area contributed by atoms with Crippen LogP contribution in [0.2, 0.25) is 0 Å². The van der Waals surface area contributed by atoms with Crippen LogP contribution in [0.5, 0.6) is 11.5 Å². The van der Waals surface area contributed by atoms with Gasteiger partial charge in [-0.3, -0.25) is 0 Å². The average molecular weight is 284 g/mol. The Hall–Kier alpha value is -2.20. The zero-order chi connectivity index (χ0) is 14.8. The van der Waals surface area contributed by atoms with Crippen LogP contribution in [0.4, 0.5) is 5.69 Å². The number of ether oxygens (including phenoxy) is 2. The molecular formula is C17H20N2O2. The van der Waals surface area contributed by atoms with Crippen LogP contribution < -0.4 is 20.1 Å². The summed E-state index contributed by atoms with van der Waals surface area (Å²) in [5.74, 6) is 1.57. The van der Waals surface area contributed by atoms with Gasteiger partial charge in [-0.05, 0) is 35.4 Å². The fourth-order valence-electron chi connectivity index (χ4n) is 2.44. The Labute approximate surface area is 125 Å². The lowest BCUT2D eigenvalue weighted by Gasteiger charge is -2.21. The van der Waals surface area contributed by atoms with E-state index in [2.05, 4.69) is 23.1 Å². The largest absolute Gasteiger partial charge is 0.486 e. The van der Waals surface area contributed by atoms with E-state index >= 15 is 0 Å².